The molecule has 7 nitrogen and oxygen atoms in total. The highest BCUT2D eigenvalue weighted by molar-refractivity contribution is 5.54. The third-order valence-electron chi connectivity index (χ3n) is 5.14. The number of anilines is 1. The Bertz CT molecular complexity index is 871. The zero-order valence-electron chi connectivity index (χ0n) is 14.0. The first-order valence-electron chi connectivity index (χ1n) is 8.94. The van der Waals surface area contributed by atoms with Crippen LogP contribution in [0.15, 0.2) is 34.9 Å². The summed E-state index contributed by atoms with van der Waals surface area (Å²) in [5.41, 5.74) is 0.949. The van der Waals surface area contributed by atoms with E-state index in [2.05, 4.69) is 29.8 Å². The maximum absolute atomic E-state index is 5.47. The molecule has 7 heteroatoms. The number of rotatable bonds is 3. The lowest BCUT2D eigenvalue weighted by molar-refractivity contribution is 0.419. The molecular formula is C18H20N6O. The molecule has 25 heavy (non-hydrogen) atoms. The Kier molecular flexibility index (Phi) is 3.50. The van der Waals surface area contributed by atoms with E-state index >= 15 is 0 Å². The van der Waals surface area contributed by atoms with Crippen molar-refractivity contribution in [1.29, 1.82) is 0 Å². The molecule has 128 valence electrons. The summed E-state index contributed by atoms with van der Waals surface area (Å²) >= 11 is 0. The van der Waals surface area contributed by atoms with Gasteiger partial charge in [0.2, 0.25) is 0 Å². The molecule has 1 aromatic carbocycles. The molecule has 5 rings (SSSR count). The second kappa shape index (κ2) is 5.98. The lowest BCUT2D eigenvalue weighted by Gasteiger charge is -2.31. The standard InChI is InChI=1S/C18H20N6O/c1-2-6-13(7-3-1)17-19-18(22-25-17)23-10-4-8-14(12-23)16-21-20-15-9-5-11-24(15)16/h1-3,6-7,14H,4-5,8-12H2. The highest BCUT2D eigenvalue weighted by Crippen LogP contribution is 2.30. The number of benzene rings is 1. The Morgan fingerprint density at radius 3 is 2.88 bits per heavy atom. The Balaban J connectivity index is 1.37. The van der Waals surface area contributed by atoms with Crippen molar-refractivity contribution in [3.05, 3.63) is 42.0 Å². The molecule has 1 atom stereocenters. The fourth-order valence-corrected chi connectivity index (χ4v) is 3.89. The van der Waals surface area contributed by atoms with E-state index in [4.69, 9.17) is 4.52 Å². The number of aromatic nitrogens is 5. The second-order valence-corrected chi connectivity index (χ2v) is 6.78. The smallest absolute Gasteiger partial charge is 0.266 e. The van der Waals surface area contributed by atoms with Crippen molar-refractivity contribution < 1.29 is 4.52 Å². The zero-order chi connectivity index (χ0) is 16.6. The van der Waals surface area contributed by atoms with Crippen molar-refractivity contribution in [2.75, 3.05) is 18.0 Å². The predicted octanol–water partition coefficient (Wildman–Crippen LogP) is 2.66. The summed E-state index contributed by atoms with van der Waals surface area (Å²) in [6, 6.07) is 9.89. The fraction of sp³-hybridized carbons (Fsp3) is 0.444. The molecule has 0 spiro atoms. The number of aryl methyl sites for hydroxylation is 1. The number of hydrogen-bond donors (Lipinski definition) is 0. The molecule has 0 N–H and O–H groups in total. The van der Waals surface area contributed by atoms with Gasteiger partial charge in [0, 0.05) is 37.5 Å². The van der Waals surface area contributed by atoms with Gasteiger partial charge in [-0.15, -0.1) is 10.2 Å². The molecule has 1 saturated heterocycles. The summed E-state index contributed by atoms with van der Waals surface area (Å²) in [5.74, 6) is 3.89. The third kappa shape index (κ3) is 2.59. The third-order valence-corrected chi connectivity index (χ3v) is 5.14. The molecule has 4 heterocycles. The van der Waals surface area contributed by atoms with Crippen LogP contribution in [0.4, 0.5) is 5.95 Å². The van der Waals surface area contributed by atoms with Gasteiger partial charge in [-0.1, -0.05) is 18.2 Å². The van der Waals surface area contributed by atoms with E-state index in [-0.39, 0.29) is 0 Å². The van der Waals surface area contributed by atoms with Crippen LogP contribution in [0.5, 0.6) is 0 Å². The van der Waals surface area contributed by atoms with Crippen molar-refractivity contribution in [2.45, 2.75) is 38.1 Å². The average Bonchev–Trinajstić information content (AvgIpc) is 3.39. The van der Waals surface area contributed by atoms with Gasteiger partial charge in [-0.05, 0) is 36.6 Å². The van der Waals surface area contributed by atoms with Gasteiger partial charge < -0.3 is 14.0 Å². The summed E-state index contributed by atoms with van der Waals surface area (Å²) in [6.07, 6.45) is 4.47. The van der Waals surface area contributed by atoms with E-state index in [1.807, 2.05) is 30.3 Å². The number of piperidine rings is 1. The lowest BCUT2D eigenvalue weighted by atomic mass is 9.97. The van der Waals surface area contributed by atoms with Crippen LogP contribution in [0, 0.1) is 0 Å². The van der Waals surface area contributed by atoms with Gasteiger partial charge >= 0.3 is 0 Å². The van der Waals surface area contributed by atoms with Crippen LogP contribution < -0.4 is 4.90 Å². The SMILES string of the molecule is c1ccc(-c2nc(N3CCCC(c4nnc5n4CCC5)C3)no2)cc1. The van der Waals surface area contributed by atoms with Crippen LogP contribution in [0.3, 0.4) is 0 Å². The molecule has 2 aliphatic heterocycles. The first-order chi connectivity index (χ1) is 12.4. The van der Waals surface area contributed by atoms with E-state index in [0.29, 0.717) is 17.8 Å². The lowest BCUT2D eigenvalue weighted by Crippen LogP contribution is -2.36. The van der Waals surface area contributed by atoms with E-state index in [1.165, 1.54) is 6.42 Å². The second-order valence-electron chi connectivity index (χ2n) is 6.78. The topological polar surface area (TPSA) is 72.9 Å². The van der Waals surface area contributed by atoms with Gasteiger partial charge in [0.1, 0.15) is 11.6 Å². The summed E-state index contributed by atoms with van der Waals surface area (Å²) in [7, 11) is 0. The Hall–Kier alpha value is -2.70. The van der Waals surface area contributed by atoms with Crippen LogP contribution in [-0.2, 0) is 13.0 Å². The first kappa shape index (κ1) is 14.6. The van der Waals surface area contributed by atoms with Crippen molar-refractivity contribution in [3.8, 4) is 11.5 Å². The Morgan fingerprint density at radius 2 is 1.96 bits per heavy atom. The summed E-state index contributed by atoms with van der Waals surface area (Å²) in [5, 5.41) is 13.0. The summed E-state index contributed by atoms with van der Waals surface area (Å²) in [6.45, 7) is 2.87. The van der Waals surface area contributed by atoms with Crippen LogP contribution in [0.25, 0.3) is 11.5 Å². The molecule has 3 aromatic rings. The maximum Gasteiger partial charge on any atom is 0.266 e. The molecule has 1 unspecified atom stereocenters. The molecule has 0 bridgehead atoms. The van der Waals surface area contributed by atoms with Gasteiger partial charge in [-0.25, -0.2) is 0 Å². The minimum absolute atomic E-state index is 0.381. The Labute approximate surface area is 145 Å². The number of nitrogens with zero attached hydrogens (tertiary/aromatic N) is 6. The van der Waals surface area contributed by atoms with E-state index in [1.54, 1.807) is 0 Å². The van der Waals surface area contributed by atoms with Crippen LogP contribution >= 0.6 is 0 Å². The molecule has 0 radical (unpaired) electrons. The van der Waals surface area contributed by atoms with Gasteiger partial charge in [0.15, 0.2) is 0 Å². The fourth-order valence-electron chi connectivity index (χ4n) is 3.89. The normalized spacial score (nSPS) is 20.0. The zero-order valence-corrected chi connectivity index (χ0v) is 14.0. The van der Waals surface area contributed by atoms with E-state index in [0.717, 1.165) is 56.1 Å². The summed E-state index contributed by atoms with van der Waals surface area (Å²) in [4.78, 5) is 6.81. The minimum atomic E-state index is 0.381. The average molecular weight is 336 g/mol. The van der Waals surface area contributed by atoms with Crippen molar-refractivity contribution in [1.82, 2.24) is 24.9 Å². The highest BCUT2D eigenvalue weighted by Gasteiger charge is 2.30. The first-order valence-corrected chi connectivity index (χ1v) is 8.94. The predicted molar refractivity (Wildman–Crippen MR) is 92.3 cm³/mol. The van der Waals surface area contributed by atoms with E-state index < -0.39 is 0 Å². The van der Waals surface area contributed by atoms with Crippen LogP contribution in [0.2, 0.25) is 0 Å². The molecule has 0 amide bonds. The molecule has 2 aliphatic rings. The Morgan fingerprint density at radius 1 is 1.04 bits per heavy atom. The largest absolute Gasteiger partial charge is 0.337 e. The highest BCUT2D eigenvalue weighted by atomic mass is 16.5. The molecule has 0 aliphatic carbocycles. The molecule has 0 saturated carbocycles. The van der Waals surface area contributed by atoms with Crippen LogP contribution in [-0.4, -0.2) is 38.0 Å². The van der Waals surface area contributed by atoms with Crippen molar-refractivity contribution in [2.24, 2.45) is 0 Å². The minimum Gasteiger partial charge on any atom is -0.337 e. The molecular weight excluding hydrogens is 316 g/mol. The summed E-state index contributed by atoms with van der Waals surface area (Å²) < 4.78 is 7.77. The quantitative estimate of drug-likeness (QED) is 0.732. The molecule has 2 aromatic heterocycles. The van der Waals surface area contributed by atoms with E-state index in [9.17, 15) is 0 Å². The number of fused-ring (bicyclic) bond motifs is 1. The van der Waals surface area contributed by atoms with Crippen molar-refractivity contribution >= 4 is 5.95 Å². The van der Waals surface area contributed by atoms with Crippen molar-refractivity contribution in [3.63, 3.8) is 0 Å². The monoisotopic (exact) mass is 336 g/mol. The van der Waals surface area contributed by atoms with Gasteiger partial charge in [0.05, 0.1) is 0 Å². The van der Waals surface area contributed by atoms with Gasteiger partial charge in [0.25, 0.3) is 11.8 Å². The van der Waals surface area contributed by atoms with Gasteiger partial charge in [-0.3, -0.25) is 0 Å². The number of hydrogen-bond acceptors (Lipinski definition) is 6. The maximum atomic E-state index is 5.47. The van der Waals surface area contributed by atoms with Gasteiger partial charge in [-0.2, -0.15) is 4.98 Å². The van der Waals surface area contributed by atoms with Crippen LogP contribution in [0.1, 0.15) is 36.8 Å². The molecule has 1 fully saturated rings.